The summed E-state index contributed by atoms with van der Waals surface area (Å²) < 4.78 is 5.24. The van der Waals surface area contributed by atoms with Crippen LogP contribution in [0.25, 0.3) is 0 Å². The average Bonchev–Trinajstić information content (AvgIpc) is 2.21. The Morgan fingerprint density at radius 2 is 1.93 bits per heavy atom. The molecule has 0 spiro atoms. The molecule has 0 saturated heterocycles. The third kappa shape index (κ3) is 3.99. The molecule has 0 saturated carbocycles. The molecule has 0 amide bonds. The molecule has 1 aromatic rings. The van der Waals surface area contributed by atoms with Crippen molar-refractivity contribution in [3.05, 3.63) is 33.8 Å². The lowest BCUT2D eigenvalue weighted by Crippen LogP contribution is -2.28. The van der Waals surface area contributed by atoms with Crippen molar-refractivity contribution in [2.75, 3.05) is 13.2 Å². The molecule has 15 heavy (non-hydrogen) atoms. The van der Waals surface area contributed by atoms with Gasteiger partial charge in [-0.25, -0.2) is 0 Å². The first-order valence-corrected chi connectivity index (χ1v) is 5.67. The minimum absolute atomic E-state index is 0.0673. The van der Waals surface area contributed by atoms with Gasteiger partial charge in [-0.15, -0.1) is 0 Å². The molecule has 84 valence electrons. The molecule has 2 nitrogen and oxygen atoms in total. The molecule has 2 N–H and O–H groups in total. The summed E-state index contributed by atoms with van der Waals surface area (Å²) in [4.78, 5) is 0. The van der Waals surface area contributed by atoms with Gasteiger partial charge in [0.2, 0.25) is 0 Å². The fraction of sp³-hybridized carbons (Fsp3) is 0.455. The minimum atomic E-state index is -0.0673. The number of benzene rings is 1. The summed E-state index contributed by atoms with van der Waals surface area (Å²) in [6.07, 6.45) is 0.637. The SMILES string of the molecule is CCOCC(N)Cc1c(Cl)cccc1Cl. The maximum absolute atomic E-state index is 6.03. The second kappa shape index (κ2) is 6.33. The van der Waals surface area contributed by atoms with Crippen molar-refractivity contribution in [2.45, 2.75) is 19.4 Å². The zero-order valence-electron chi connectivity index (χ0n) is 8.67. The summed E-state index contributed by atoms with van der Waals surface area (Å²) >= 11 is 12.1. The van der Waals surface area contributed by atoms with Gasteiger partial charge in [0.15, 0.2) is 0 Å². The van der Waals surface area contributed by atoms with E-state index in [1.54, 1.807) is 0 Å². The summed E-state index contributed by atoms with van der Waals surface area (Å²) in [5.74, 6) is 0. The van der Waals surface area contributed by atoms with Gasteiger partial charge < -0.3 is 10.5 Å². The Morgan fingerprint density at radius 1 is 1.33 bits per heavy atom. The highest BCUT2D eigenvalue weighted by Gasteiger charge is 2.10. The van der Waals surface area contributed by atoms with Crippen LogP contribution in [0.15, 0.2) is 18.2 Å². The van der Waals surface area contributed by atoms with Crippen molar-refractivity contribution in [3.8, 4) is 0 Å². The van der Waals surface area contributed by atoms with Gasteiger partial charge in [-0.3, -0.25) is 0 Å². The summed E-state index contributed by atoms with van der Waals surface area (Å²) in [5.41, 5.74) is 6.78. The number of hydrogen-bond donors (Lipinski definition) is 1. The van der Waals surface area contributed by atoms with Crippen LogP contribution in [0.5, 0.6) is 0 Å². The molecule has 0 heterocycles. The van der Waals surface area contributed by atoms with Crippen LogP contribution in [-0.2, 0) is 11.2 Å². The van der Waals surface area contributed by atoms with E-state index in [0.29, 0.717) is 29.7 Å². The number of rotatable bonds is 5. The van der Waals surface area contributed by atoms with Gasteiger partial charge >= 0.3 is 0 Å². The van der Waals surface area contributed by atoms with Gasteiger partial charge in [-0.05, 0) is 31.0 Å². The molecule has 1 unspecified atom stereocenters. The van der Waals surface area contributed by atoms with E-state index in [4.69, 9.17) is 33.7 Å². The van der Waals surface area contributed by atoms with Crippen LogP contribution in [0, 0.1) is 0 Å². The van der Waals surface area contributed by atoms with Crippen molar-refractivity contribution >= 4 is 23.2 Å². The van der Waals surface area contributed by atoms with Crippen molar-refractivity contribution in [1.82, 2.24) is 0 Å². The Kier molecular flexibility index (Phi) is 5.40. The molecule has 0 fully saturated rings. The van der Waals surface area contributed by atoms with Crippen molar-refractivity contribution in [3.63, 3.8) is 0 Å². The molecular formula is C11H15Cl2NO. The average molecular weight is 248 g/mol. The summed E-state index contributed by atoms with van der Waals surface area (Å²) in [5, 5.41) is 1.32. The maximum atomic E-state index is 6.03. The monoisotopic (exact) mass is 247 g/mol. The van der Waals surface area contributed by atoms with E-state index in [1.165, 1.54) is 0 Å². The molecule has 1 aromatic carbocycles. The Balaban J connectivity index is 2.63. The third-order valence-electron chi connectivity index (χ3n) is 2.06. The first kappa shape index (κ1) is 12.8. The summed E-state index contributed by atoms with van der Waals surface area (Å²) in [6, 6.07) is 5.39. The number of ether oxygens (including phenoxy) is 1. The smallest absolute Gasteiger partial charge is 0.0620 e. The zero-order valence-corrected chi connectivity index (χ0v) is 10.2. The van der Waals surface area contributed by atoms with Gasteiger partial charge in [-0.2, -0.15) is 0 Å². The molecule has 0 aromatic heterocycles. The van der Waals surface area contributed by atoms with Gasteiger partial charge in [-0.1, -0.05) is 29.3 Å². The molecule has 0 radical (unpaired) electrons. The highest BCUT2D eigenvalue weighted by atomic mass is 35.5. The van der Waals surface area contributed by atoms with Crippen LogP contribution in [0.4, 0.5) is 0 Å². The maximum Gasteiger partial charge on any atom is 0.0620 e. The van der Waals surface area contributed by atoms with E-state index in [1.807, 2.05) is 25.1 Å². The molecule has 0 aliphatic heterocycles. The lowest BCUT2D eigenvalue weighted by Gasteiger charge is -2.13. The molecule has 0 aliphatic rings. The Labute approximate surface area is 100 Å². The first-order valence-electron chi connectivity index (χ1n) is 4.91. The summed E-state index contributed by atoms with van der Waals surface area (Å²) in [6.45, 7) is 3.14. The van der Waals surface area contributed by atoms with E-state index < -0.39 is 0 Å². The van der Waals surface area contributed by atoms with Crippen LogP contribution < -0.4 is 5.73 Å². The predicted octanol–water partition coefficient (Wildman–Crippen LogP) is 2.90. The highest BCUT2D eigenvalue weighted by molar-refractivity contribution is 6.35. The van der Waals surface area contributed by atoms with Crippen LogP contribution in [0.2, 0.25) is 10.0 Å². The second-order valence-electron chi connectivity index (χ2n) is 3.32. The van der Waals surface area contributed by atoms with E-state index in [2.05, 4.69) is 0 Å². The molecular weight excluding hydrogens is 233 g/mol. The number of hydrogen-bond acceptors (Lipinski definition) is 2. The fourth-order valence-electron chi connectivity index (χ4n) is 1.32. The van der Waals surface area contributed by atoms with Crippen LogP contribution in [0.3, 0.4) is 0 Å². The molecule has 1 rings (SSSR count). The van der Waals surface area contributed by atoms with Crippen molar-refractivity contribution < 1.29 is 4.74 Å². The zero-order chi connectivity index (χ0) is 11.3. The first-order chi connectivity index (χ1) is 7.15. The van der Waals surface area contributed by atoms with Gasteiger partial charge in [0, 0.05) is 22.7 Å². The fourth-order valence-corrected chi connectivity index (χ4v) is 1.87. The Morgan fingerprint density at radius 3 is 2.47 bits per heavy atom. The highest BCUT2D eigenvalue weighted by Crippen LogP contribution is 2.25. The van der Waals surface area contributed by atoms with E-state index in [-0.39, 0.29) is 6.04 Å². The summed E-state index contributed by atoms with van der Waals surface area (Å²) in [7, 11) is 0. The number of nitrogens with two attached hydrogens (primary N) is 1. The lowest BCUT2D eigenvalue weighted by molar-refractivity contribution is 0.133. The Hall–Kier alpha value is -0.280. The second-order valence-corrected chi connectivity index (χ2v) is 4.14. The molecule has 0 bridgehead atoms. The topological polar surface area (TPSA) is 35.2 Å². The quantitative estimate of drug-likeness (QED) is 0.869. The normalized spacial score (nSPS) is 12.8. The van der Waals surface area contributed by atoms with Gasteiger partial charge in [0.25, 0.3) is 0 Å². The number of halogens is 2. The van der Waals surface area contributed by atoms with E-state index in [9.17, 15) is 0 Å². The van der Waals surface area contributed by atoms with E-state index in [0.717, 1.165) is 5.56 Å². The minimum Gasteiger partial charge on any atom is -0.380 e. The van der Waals surface area contributed by atoms with E-state index >= 15 is 0 Å². The third-order valence-corrected chi connectivity index (χ3v) is 2.77. The largest absolute Gasteiger partial charge is 0.380 e. The van der Waals surface area contributed by atoms with Crippen molar-refractivity contribution in [1.29, 1.82) is 0 Å². The molecule has 4 heteroatoms. The molecule has 1 atom stereocenters. The Bertz CT molecular complexity index is 297. The standard InChI is InChI=1S/C11H15Cl2NO/c1-2-15-7-8(14)6-9-10(12)4-3-5-11(9)13/h3-5,8H,2,6-7,14H2,1H3. The van der Waals surface area contributed by atoms with Gasteiger partial charge in [0.1, 0.15) is 0 Å². The van der Waals surface area contributed by atoms with Crippen LogP contribution >= 0.6 is 23.2 Å². The van der Waals surface area contributed by atoms with Gasteiger partial charge in [0.05, 0.1) is 6.61 Å². The lowest BCUT2D eigenvalue weighted by atomic mass is 10.1. The van der Waals surface area contributed by atoms with Crippen molar-refractivity contribution in [2.24, 2.45) is 5.73 Å². The predicted molar refractivity (Wildman–Crippen MR) is 64.6 cm³/mol. The van der Waals surface area contributed by atoms with Crippen LogP contribution in [-0.4, -0.2) is 19.3 Å². The van der Waals surface area contributed by atoms with Crippen LogP contribution in [0.1, 0.15) is 12.5 Å². The molecule has 0 aliphatic carbocycles.